The molecule has 0 atom stereocenters. The number of benzene rings is 3. The van der Waals surface area contributed by atoms with Crippen LogP contribution in [0.2, 0.25) is 15.1 Å². The van der Waals surface area contributed by atoms with Crippen molar-refractivity contribution in [3.8, 4) is 5.75 Å². The van der Waals surface area contributed by atoms with Crippen molar-refractivity contribution in [1.29, 1.82) is 0 Å². The van der Waals surface area contributed by atoms with Gasteiger partial charge >= 0.3 is 0 Å². The maximum Gasteiger partial charge on any atom is 0.283 e. The summed E-state index contributed by atoms with van der Waals surface area (Å²) in [6, 6.07) is 14.9. The lowest BCUT2D eigenvalue weighted by Crippen LogP contribution is -2.32. The van der Waals surface area contributed by atoms with Gasteiger partial charge in [0.05, 0.1) is 20.8 Å². The third-order valence-corrected chi connectivity index (χ3v) is 6.15. The smallest absolute Gasteiger partial charge is 0.283 e. The second kappa shape index (κ2) is 9.56. The SMILES string of the molecule is O=C(Nc1cccc(O)c1)c1ccc(NC2=C(Cl)C(=O)N(c3cc(Cl)c(Cl)cc3Cl)C2=O)cc1. The molecule has 3 aromatic carbocycles. The maximum atomic E-state index is 13.0. The summed E-state index contributed by atoms with van der Waals surface area (Å²) in [4.78, 5) is 38.9. The molecule has 0 bridgehead atoms. The second-order valence-corrected chi connectivity index (χ2v) is 8.66. The van der Waals surface area contributed by atoms with Crippen molar-refractivity contribution in [1.82, 2.24) is 0 Å². The summed E-state index contributed by atoms with van der Waals surface area (Å²) in [5.74, 6) is -1.89. The number of phenolic OH excluding ortho intramolecular Hbond substituents is 1. The number of anilines is 3. The van der Waals surface area contributed by atoms with E-state index in [9.17, 15) is 19.5 Å². The van der Waals surface area contributed by atoms with E-state index in [1.54, 1.807) is 24.3 Å². The van der Waals surface area contributed by atoms with Crippen LogP contribution in [0.3, 0.4) is 0 Å². The van der Waals surface area contributed by atoms with E-state index in [0.717, 1.165) is 4.90 Å². The summed E-state index contributed by atoms with van der Waals surface area (Å²) in [5, 5.41) is 15.0. The second-order valence-electron chi connectivity index (χ2n) is 7.06. The molecular weight excluding hydrogens is 524 g/mol. The molecule has 0 saturated carbocycles. The van der Waals surface area contributed by atoms with Crippen molar-refractivity contribution in [3.05, 3.63) is 92.0 Å². The van der Waals surface area contributed by atoms with E-state index in [1.807, 2.05) is 0 Å². The van der Waals surface area contributed by atoms with E-state index >= 15 is 0 Å². The van der Waals surface area contributed by atoms with Gasteiger partial charge < -0.3 is 15.7 Å². The third kappa shape index (κ3) is 4.69. The lowest BCUT2D eigenvalue weighted by Gasteiger charge is -2.17. The molecule has 3 aromatic rings. The Bertz CT molecular complexity index is 1370. The highest BCUT2D eigenvalue weighted by Crippen LogP contribution is 2.38. The minimum atomic E-state index is -0.781. The number of aromatic hydroxyl groups is 1. The fourth-order valence-electron chi connectivity index (χ4n) is 3.15. The fraction of sp³-hybridized carbons (Fsp3) is 0. The first kappa shape index (κ1) is 23.9. The number of imide groups is 1. The predicted octanol–water partition coefficient (Wildman–Crippen LogP) is 6.04. The molecule has 0 aromatic heterocycles. The Morgan fingerprint density at radius 3 is 2.15 bits per heavy atom. The van der Waals surface area contributed by atoms with Gasteiger partial charge in [0.25, 0.3) is 17.7 Å². The van der Waals surface area contributed by atoms with E-state index in [-0.39, 0.29) is 37.2 Å². The summed E-state index contributed by atoms with van der Waals surface area (Å²) >= 11 is 24.2. The zero-order valence-electron chi connectivity index (χ0n) is 16.9. The Hall–Kier alpha value is -3.23. The van der Waals surface area contributed by atoms with Crippen molar-refractivity contribution < 1.29 is 19.5 Å². The highest BCUT2D eigenvalue weighted by molar-refractivity contribution is 6.54. The van der Waals surface area contributed by atoms with Crippen molar-refractivity contribution in [3.63, 3.8) is 0 Å². The van der Waals surface area contributed by atoms with Crippen LogP contribution < -0.4 is 15.5 Å². The molecule has 3 amide bonds. The predicted molar refractivity (Wildman–Crippen MR) is 133 cm³/mol. The molecule has 0 unspecified atom stereocenters. The molecule has 1 aliphatic heterocycles. The Kier molecular flexibility index (Phi) is 6.72. The maximum absolute atomic E-state index is 13.0. The first-order valence-corrected chi connectivity index (χ1v) is 11.1. The quantitative estimate of drug-likeness (QED) is 0.273. The molecule has 4 rings (SSSR count). The van der Waals surface area contributed by atoms with E-state index in [0.29, 0.717) is 16.9 Å². The normalized spacial score (nSPS) is 13.5. The molecule has 0 saturated heterocycles. The summed E-state index contributed by atoms with van der Waals surface area (Å²) in [6.45, 7) is 0. The molecule has 34 heavy (non-hydrogen) atoms. The summed E-state index contributed by atoms with van der Waals surface area (Å²) < 4.78 is 0. The van der Waals surface area contributed by atoms with Gasteiger partial charge in [0.2, 0.25) is 0 Å². The summed E-state index contributed by atoms with van der Waals surface area (Å²) in [7, 11) is 0. The molecule has 0 fully saturated rings. The van der Waals surface area contributed by atoms with E-state index in [1.165, 1.54) is 36.4 Å². The van der Waals surface area contributed by atoms with Crippen molar-refractivity contribution in [2.45, 2.75) is 0 Å². The zero-order chi connectivity index (χ0) is 24.6. The fourth-order valence-corrected chi connectivity index (χ4v) is 3.99. The Morgan fingerprint density at radius 1 is 0.794 bits per heavy atom. The van der Waals surface area contributed by atoms with Gasteiger partial charge in [-0.3, -0.25) is 14.4 Å². The molecule has 172 valence electrons. The standard InChI is InChI=1S/C23H13Cl4N3O4/c24-15-9-17(26)18(10-16(15)25)30-22(33)19(27)20(23(30)34)28-12-6-4-11(5-7-12)21(32)29-13-2-1-3-14(31)8-13/h1-10,28,31H,(H,29,32). The number of hydrogen-bond donors (Lipinski definition) is 3. The van der Waals surface area contributed by atoms with Gasteiger partial charge in [0.15, 0.2) is 0 Å². The number of carbonyl (C=O) groups is 3. The molecule has 1 heterocycles. The van der Waals surface area contributed by atoms with E-state index in [2.05, 4.69) is 10.6 Å². The molecule has 0 spiro atoms. The van der Waals surface area contributed by atoms with Crippen molar-refractivity contribution in [2.24, 2.45) is 0 Å². The van der Waals surface area contributed by atoms with Gasteiger partial charge in [-0.05, 0) is 48.5 Å². The molecule has 3 N–H and O–H groups in total. The molecule has 1 aliphatic rings. The largest absolute Gasteiger partial charge is 0.508 e. The van der Waals surface area contributed by atoms with E-state index < -0.39 is 17.7 Å². The number of nitrogens with zero attached hydrogens (tertiary/aromatic N) is 1. The van der Waals surface area contributed by atoms with Gasteiger partial charge in [-0.15, -0.1) is 0 Å². The van der Waals surface area contributed by atoms with Gasteiger partial charge in [-0.25, -0.2) is 4.90 Å². The number of carbonyl (C=O) groups excluding carboxylic acids is 3. The Labute approximate surface area is 213 Å². The number of amides is 3. The van der Waals surface area contributed by atoms with Gasteiger partial charge in [0.1, 0.15) is 16.5 Å². The highest BCUT2D eigenvalue weighted by Gasteiger charge is 2.40. The summed E-state index contributed by atoms with van der Waals surface area (Å²) in [6.07, 6.45) is 0. The van der Waals surface area contributed by atoms with Crippen molar-refractivity contribution in [2.75, 3.05) is 15.5 Å². The molecule has 0 radical (unpaired) electrons. The minimum absolute atomic E-state index is 0.0227. The van der Waals surface area contributed by atoms with E-state index in [4.69, 9.17) is 46.4 Å². The number of rotatable bonds is 5. The zero-order valence-corrected chi connectivity index (χ0v) is 19.9. The number of phenols is 1. The molecule has 0 aliphatic carbocycles. The van der Waals surface area contributed by atoms with Gasteiger partial charge in [-0.1, -0.05) is 52.5 Å². The molecule has 11 heteroatoms. The third-order valence-electron chi connectivity index (χ3n) is 4.78. The average molecular weight is 537 g/mol. The lowest BCUT2D eigenvalue weighted by atomic mass is 10.2. The van der Waals surface area contributed by atoms with Crippen LogP contribution in [0.1, 0.15) is 10.4 Å². The summed E-state index contributed by atoms with van der Waals surface area (Å²) in [5.41, 5.74) is 1.04. The Morgan fingerprint density at radius 2 is 1.47 bits per heavy atom. The van der Waals surface area contributed by atoms with Crippen LogP contribution in [0.25, 0.3) is 0 Å². The average Bonchev–Trinajstić information content (AvgIpc) is 3.00. The number of nitrogens with one attached hydrogen (secondary N) is 2. The Balaban J connectivity index is 1.51. The van der Waals surface area contributed by atoms with Gasteiger partial charge in [-0.2, -0.15) is 0 Å². The number of halogens is 4. The molecular formula is C23H13Cl4N3O4. The van der Waals surface area contributed by atoms with Gasteiger partial charge in [0, 0.05) is 23.0 Å². The first-order valence-electron chi connectivity index (χ1n) is 9.56. The van der Waals surface area contributed by atoms with Crippen LogP contribution in [0.4, 0.5) is 17.1 Å². The van der Waals surface area contributed by atoms with Crippen LogP contribution in [0.15, 0.2) is 71.4 Å². The lowest BCUT2D eigenvalue weighted by molar-refractivity contribution is -0.120. The van der Waals surface area contributed by atoms with Crippen LogP contribution in [-0.2, 0) is 9.59 Å². The van der Waals surface area contributed by atoms with Crippen LogP contribution in [0.5, 0.6) is 5.75 Å². The van der Waals surface area contributed by atoms with Crippen LogP contribution in [0, 0.1) is 0 Å². The highest BCUT2D eigenvalue weighted by atomic mass is 35.5. The number of hydrogen-bond acceptors (Lipinski definition) is 5. The topological polar surface area (TPSA) is 98.7 Å². The molecule has 7 nitrogen and oxygen atoms in total. The van der Waals surface area contributed by atoms with Crippen LogP contribution >= 0.6 is 46.4 Å². The monoisotopic (exact) mass is 535 g/mol. The van der Waals surface area contributed by atoms with Crippen LogP contribution in [-0.4, -0.2) is 22.8 Å². The van der Waals surface area contributed by atoms with Crippen molar-refractivity contribution >= 4 is 81.2 Å². The minimum Gasteiger partial charge on any atom is -0.508 e. The first-order chi connectivity index (χ1) is 16.2.